The van der Waals surface area contributed by atoms with Gasteiger partial charge in [0.2, 0.25) is 11.8 Å². The highest BCUT2D eigenvalue weighted by molar-refractivity contribution is 6.13. The fourth-order valence-electron chi connectivity index (χ4n) is 10.7. The summed E-state index contributed by atoms with van der Waals surface area (Å²) < 4.78 is 34.9. The number of rotatable bonds is 29. The fourth-order valence-corrected chi connectivity index (χ4v) is 10.7. The molecule has 3 aromatic rings. The first-order valence-electron chi connectivity index (χ1n) is 28.9. The number of aliphatic imine (C=N–C) groups is 1. The molecule has 8 rings (SSSR count). The van der Waals surface area contributed by atoms with E-state index >= 15 is 0 Å². The summed E-state index contributed by atoms with van der Waals surface area (Å²) >= 11 is 0. The van der Waals surface area contributed by atoms with Gasteiger partial charge in [-0.05, 0) is 68.2 Å². The van der Waals surface area contributed by atoms with Crippen LogP contribution >= 0.6 is 0 Å². The second kappa shape index (κ2) is 28.9. The molecule has 23 heteroatoms. The summed E-state index contributed by atoms with van der Waals surface area (Å²) in [4.78, 5) is 127. The lowest BCUT2D eigenvalue weighted by Gasteiger charge is -2.31. The van der Waals surface area contributed by atoms with E-state index in [-0.39, 0.29) is 136 Å². The molecule has 0 bridgehead atoms. The number of hydrogen-bond acceptors (Lipinski definition) is 17. The minimum Gasteiger partial charge on any atom is -0.493 e. The normalized spacial score (nSPS) is 18.5. The van der Waals surface area contributed by atoms with Crippen LogP contribution < -0.4 is 34.5 Å². The van der Waals surface area contributed by atoms with Crippen LogP contribution in [-0.2, 0) is 51.3 Å². The molecule has 5 aliphatic heterocycles. The lowest BCUT2D eigenvalue weighted by molar-refractivity contribution is -0.137. The molecule has 0 spiro atoms. The Balaban J connectivity index is 0.798. The van der Waals surface area contributed by atoms with Crippen molar-refractivity contribution in [2.24, 2.45) is 16.8 Å². The average Bonchev–Trinajstić information content (AvgIpc) is 4.12. The summed E-state index contributed by atoms with van der Waals surface area (Å²) in [6.45, 7) is 14.6. The molecule has 0 radical (unpaired) electrons. The standard InChI is InChI=1S/C63H75N7O16/c1-37(2)45(28-44(71)18-23-83-24-19-64-56(73)17-20-67-57(74)15-16-58(67)75)59(76)66-40(5)51(72)27-41-11-13-42(14-12-41)36-86-63(80)70-49-32-55(53(82-7)30-47(49)61(78)69-35-39(4)26-50(69)62(70)79)85-22-10-8-9-21-84-54-31-48-46(29-52(54)81-6)60(77)68-34-38(3)25-43(68)33-65-48/h11-16,29-33,37,40,43,45,50,62,79H,3-4,8-10,17-28,34-36H2,1-2,5-7H3,(H,64,73)(H,66,76)/t40-,43-,45-,50-,62-/m0/s1. The van der Waals surface area contributed by atoms with Gasteiger partial charge in [-0.1, -0.05) is 62.4 Å². The van der Waals surface area contributed by atoms with E-state index in [1.54, 1.807) is 54.4 Å². The summed E-state index contributed by atoms with van der Waals surface area (Å²) in [5.41, 5.74) is 3.98. The van der Waals surface area contributed by atoms with Crippen molar-refractivity contribution in [1.82, 2.24) is 25.3 Å². The molecule has 2 fully saturated rings. The number of hydrogen-bond donors (Lipinski definition) is 3. The molecule has 3 aromatic carbocycles. The maximum Gasteiger partial charge on any atom is 0.416 e. The topological polar surface area (TPSA) is 279 Å². The Morgan fingerprint density at radius 3 is 2.05 bits per heavy atom. The number of anilines is 1. The summed E-state index contributed by atoms with van der Waals surface area (Å²) in [5.74, 6) is -2.33. The Hall–Kier alpha value is -8.70. The number of aliphatic hydroxyl groups is 1. The number of carbonyl (C=O) groups excluding carboxylic acids is 9. The fraction of sp³-hybridized carbons (Fsp3) is 0.460. The monoisotopic (exact) mass is 1190 g/mol. The number of amides is 7. The molecule has 5 heterocycles. The maximum atomic E-state index is 14.2. The van der Waals surface area contributed by atoms with E-state index in [1.165, 1.54) is 31.3 Å². The number of nitrogens with zero attached hydrogens (tertiary/aromatic N) is 5. The quantitative estimate of drug-likeness (QED) is 0.0424. The number of ether oxygens (including phenoxy) is 6. The van der Waals surface area contributed by atoms with Gasteiger partial charge in [-0.15, -0.1) is 0 Å². The number of unbranched alkanes of at least 4 members (excludes halogenated alkanes) is 2. The molecule has 23 nitrogen and oxygen atoms in total. The molecule has 0 aliphatic carbocycles. The second-order valence-corrected chi connectivity index (χ2v) is 22.2. The molecule has 7 amide bonds. The molecule has 458 valence electrons. The zero-order chi connectivity index (χ0) is 61.8. The first-order chi connectivity index (χ1) is 41.2. The molecule has 0 aromatic heterocycles. The first-order valence-corrected chi connectivity index (χ1v) is 28.9. The van der Waals surface area contributed by atoms with Gasteiger partial charge >= 0.3 is 6.09 Å². The summed E-state index contributed by atoms with van der Waals surface area (Å²) in [7, 11) is 2.96. The average molecular weight is 1190 g/mol. The molecular weight excluding hydrogens is 1110 g/mol. The second-order valence-electron chi connectivity index (χ2n) is 22.2. The van der Waals surface area contributed by atoms with E-state index < -0.39 is 54.0 Å². The van der Waals surface area contributed by atoms with Gasteiger partial charge in [0.25, 0.3) is 23.6 Å². The van der Waals surface area contributed by atoms with E-state index in [0.717, 1.165) is 27.5 Å². The van der Waals surface area contributed by atoms with Crippen LogP contribution in [0.15, 0.2) is 90.0 Å². The third-order valence-corrected chi connectivity index (χ3v) is 15.6. The molecule has 86 heavy (non-hydrogen) atoms. The van der Waals surface area contributed by atoms with Gasteiger partial charge < -0.3 is 54.0 Å². The third kappa shape index (κ3) is 15.4. The smallest absolute Gasteiger partial charge is 0.416 e. The number of imide groups is 1. The molecule has 0 saturated carbocycles. The SMILES string of the molecule is C=C1C[C@H]2C=Nc3cc(OCCCCCOc4cc5c(cc4OC)C(=O)N4CC(=C)C[C@H]4[C@H](O)N5C(=O)OCc4ccc(CC(=O)[C@H](C)NC(=O)[C@@H](CC(=O)CCOCCNC(=O)CCN5C(=O)C=CC5=O)C(C)C)cc4)c(OC)cc3C(=O)N2C1. The highest BCUT2D eigenvalue weighted by atomic mass is 16.6. The largest absolute Gasteiger partial charge is 0.493 e. The molecule has 5 aliphatic rings. The minimum absolute atomic E-state index is 0.0280. The van der Waals surface area contributed by atoms with Crippen LogP contribution in [0.4, 0.5) is 16.2 Å². The predicted octanol–water partition coefficient (Wildman–Crippen LogP) is 5.75. The van der Waals surface area contributed by atoms with E-state index in [4.69, 9.17) is 28.4 Å². The molecule has 0 unspecified atom stereocenters. The third-order valence-electron chi connectivity index (χ3n) is 15.6. The van der Waals surface area contributed by atoms with Crippen LogP contribution in [0.2, 0.25) is 0 Å². The molecule has 3 N–H and O–H groups in total. The van der Waals surface area contributed by atoms with Crippen molar-refractivity contribution in [3.8, 4) is 23.0 Å². The number of methoxy groups -OCH3 is 2. The van der Waals surface area contributed by atoms with Crippen LogP contribution in [0.1, 0.15) is 104 Å². The minimum atomic E-state index is -1.52. The summed E-state index contributed by atoms with van der Waals surface area (Å²) in [6.07, 6.45) is 4.36. The maximum absolute atomic E-state index is 14.2. The van der Waals surface area contributed by atoms with Gasteiger partial charge in [-0.3, -0.25) is 48.2 Å². The van der Waals surface area contributed by atoms with Crippen molar-refractivity contribution in [3.05, 3.63) is 107 Å². The number of fused-ring (bicyclic) bond motifs is 4. The van der Waals surface area contributed by atoms with Crippen LogP contribution in [0.5, 0.6) is 23.0 Å². The van der Waals surface area contributed by atoms with Crippen molar-refractivity contribution in [2.45, 2.75) is 110 Å². The van der Waals surface area contributed by atoms with Crippen LogP contribution in [-0.4, -0.2) is 170 Å². The number of aliphatic hydroxyl groups excluding tert-OH is 1. The van der Waals surface area contributed by atoms with Gasteiger partial charge in [-0.2, -0.15) is 0 Å². The van der Waals surface area contributed by atoms with E-state index in [9.17, 15) is 48.3 Å². The van der Waals surface area contributed by atoms with E-state index in [1.807, 2.05) is 13.8 Å². The van der Waals surface area contributed by atoms with E-state index in [2.05, 4.69) is 28.8 Å². The Morgan fingerprint density at radius 2 is 1.37 bits per heavy atom. The van der Waals surface area contributed by atoms with Crippen molar-refractivity contribution in [1.29, 1.82) is 0 Å². The van der Waals surface area contributed by atoms with Crippen LogP contribution in [0.25, 0.3) is 0 Å². The van der Waals surface area contributed by atoms with Gasteiger partial charge in [-0.25, -0.2) is 9.69 Å². The number of Topliss-reactive ketones (excluding diaryl/α,β-unsaturated/α-hetero) is 2. The Morgan fingerprint density at radius 1 is 0.744 bits per heavy atom. The van der Waals surface area contributed by atoms with Gasteiger partial charge in [0, 0.05) is 88.3 Å². The van der Waals surface area contributed by atoms with Gasteiger partial charge in [0.1, 0.15) is 12.4 Å². The lowest BCUT2D eigenvalue weighted by atomic mass is 9.88. The molecule has 2 saturated heterocycles. The Kier molecular flexibility index (Phi) is 21.3. The highest BCUT2D eigenvalue weighted by Crippen LogP contribution is 2.43. The molecular formula is C63H75N7O16. The van der Waals surface area contributed by atoms with E-state index in [0.29, 0.717) is 78.3 Å². The van der Waals surface area contributed by atoms with Crippen LogP contribution in [0, 0.1) is 11.8 Å². The number of ketones is 2. The Bertz CT molecular complexity index is 3170. The summed E-state index contributed by atoms with van der Waals surface area (Å²) in [5, 5.41) is 17.3. The lowest BCUT2D eigenvalue weighted by Crippen LogP contribution is -2.50. The van der Waals surface area contributed by atoms with Crippen molar-refractivity contribution < 1.29 is 76.7 Å². The number of carbonyl (C=O) groups is 9. The zero-order valence-corrected chi connectivity index (χ0v) is 49.3. The van der Waals surface area contributed by atoms with Gasteiger partial charge in [0.15, 0.2) is 35.0 Å². The van der Waals surface area contributed by atoms with Crippen molar-refractivity contribution in [2.75, 3.05) is 71.7 Å². The Labute approximate surface area is 499 Å². The van der Waals surface area contributed by atoms with Crippen LogP contribution in [0.3, 0.4) is 0 Å². The van der Waals surface area contributed by atoms with Gasteiger partial charge in [0.05, 0.1) is 81.3 Å². The number of nitrogens with one attached hydrogen (secondary N) is 2. The number of benzene rings is 3. The highest BCUT2D eigenvalue weighted by Gasteiger charge is 2.46. The van der Waals surface area contributed by atoms with Crippen molar-refractivity contribution >= 4 is 70.7 Å². The predicted molar refractivity (Wildman–Crippen MR) is 314 cm³/mol. The summed E-state index contributed by atoms with van der Waals surface area (Å²) in [6, 6.07) is 11.3. The zero-order valence-electron chi connectivity index (χ0n) is 49.3. The molecule has 5 atom stereocenters. The van der Waals surface area contributed by atoms with Crippen molar-refractivity contribution in [3.63, 3.8) is 0 Å². The first kappa shape index (κ1) is 63.3.